The van der Waals surface area contributed by atoms with Crippen LogP contribution in [0.2, 0.25) is 0 Å². The fraction of sp³-hybridized carbons (Fsp3) is 0.300. The van der Waals surface area contributed by atoms with Crippen molar-refractivity contribution in [2.75, 3.05) is 12.8 Å². The molecule has 0 bridgehead atoms. The fourth-order valence-electron chi connectivity index (χ4n) is 3.51. The van der Waals surface area contributed by atoms with Crippen LogP contribution in [0.4, 0.5) is 0 Å². The number of H-pyrrole nitrogens is 1. The fourth-order valence-corrected chi connectivity index (χ4v) is 4.29. The van der Waals surface area contributed by atoms with E-state index in [4.69, 9.17) is 9.90 Å². The van der Waals surface area contributed by atoms with Crippen LogP contribution in [-0.4, -0.2) is 63.0 Å². The number of nitrogens with zero attached hydrogens (tertiary/aromatic N) is 4. The van der Waals surface area contributed by atoms with Crippen LogP contribution in [0.15, 0.2) is 48.8 Å². The van der Waals surface area contributed by atoms with E-state index in [-0.39, 0.29) is 25.0 Å². The second-order valence-electron chi connectivity index (χ2n) is 7.15. The first-order chi connectivity index (χ1) is 15.3. The normalized spacial score (nSPS) is 14.5. The Morgan fingerprint density at radius 1 is 1.31 bits per heavy atom. The Labute approximate surface area is 185 Å². The highest BCUT2D eigenvalue weighted by Gasteiger charge is 2.29. The van der Waals surface area contributed by atoms with Crippen molar-refractivity contribution in [3.63, 3.8) is 0 Å². The van der Waals surface area contributed by atoms with Gasteiger partial charge in [-0.2, -0.15) is 14.5 Å². The van der Waals surface area contributed by atoms with Crippen LogP contribution < -0.4 is 5.32 Å². The summed E-state index contributed by atoms with van der Waals surface area (Å²) in [6, 6.07) is 11.2. The number of sulfonamides is 1. The van der Waals surface area contributed by atoms with Gasteiger partial charge in [0.05, 0.1) is 31.1 Å². The van der Waals surface area contributed by atoms with E-state index in [1.165, 1.54) is 10.6 Å². The molecular weight excluding hydrogens is 436 g/mol. The van der Waals surface area contributed by atoms with Crippen molar-refractivity contribution in [3.05, 3.63) is 71.3 Å². The smallest absolute Gasteiger partial charge is 0.290 e. The van der Waals surface area contributed by atoms with Crippen molar-refractivity contribution in [2.45, 2.75) is 25.6 Å². The van der Waals surface area contributed by atoms with E-state index in [2.05, 4.69) is 20.6 Å². The largest absolute Gasteiger partial charge is 0.483 e. The molecule has 0 aliphatic carbocycles. The van der Waals surface area contributed by atoms with Crippen LogP contribution >= 0.6 is 0 Å². The average Bonchev–Trinajstić information content (AvgIpc) is 3.43. The predicted octanol–water partition coefficient (Wildman–Crippen LogP) is 0.796. The Balaban J connectivity index is 0.000000913. The zero-order valence-electron chi connectivity index (χ0n) is 17.4. The maximum atomic E-state index is 13.0. The van der Waals surface area contributed by atoms with Gasteiger partial charge in [0, 0.05) is 24.5 Å². The molecule has 2 aromatic heterocycles. The molecule has 170 valence electrons. The van der Waals surface area contributed by atoms with Crippen molar-refractivity contribution in [3.8, 4) is 0 Å². The minimum Gasteiger partial charge on any atom is -0.483 e. The van der Waals surface area contributed by atoms with Crippen LogP contribution in [0.25, 0.3) is 0 Å². The molecule has 1 amide bonds. The quantitative estimate of drug-likeness (QED) is 0.460. The molecule has 0 saturated heterocycles. The first-order valence-electron chi connectivity index (χ1n) is 9.75. The molecular formula is C20H24N6O5S. The molecule has 1 atom stereocenters. The Hall–Kier alpha value is -3.51. The third-order valence-electron chi connectivity index (χ3n) is 5.02. The highest BCUT2D eigenvalue weighted by Crippen LogP contribution is 2.23. The maximum Gasteiger partial charge on any atom is 0.290 e. The topological polar surface area (TPSA) is 150 Å². The lowest BCUT2D eigenvalue weighted by Gasteiger charge is -2.24. The van der Waals surface area contributed by atoms with Gasteiger partial charge in [-0.1, -0.05) is 30.3 Å². The lowest BCUT2D eigenvalue weighted by Crippen LogP contribution is -2.36. The zero-order valence-corrected chi connectivity index (χ0v) is 18.2. The molecule has 12 heteroatoms. The number of benzene rings is 1. The minimum absolute atomic E-state index is 0.198. The van der Waals surface area contributed by atoms with Crippen LogP contribution in [0.1, 0.15) is 33.4 Å². The van der Waals surface area contributed by atoms with Crippen molar-refractivity contribution < 1.29 is 23.1 Å². The monoisotopic (exact) mass is 460 g/mol. The predicted molar refractivity (Wildman–Crippen MR) is 115 cm³/mol. The summed E-state index contributed by atoms with van der Waals surface area (Å²) in [6.07, 6.45) is 5.16. The van der Waals surface area contributed by atoms with Crippen LogP contribution in [-0.2, 0) is 34.3 Å². The van der Waals surface area contributed by atoms with Crippen LogP contribution in [0.3, 0.4) is 0 Å². The van der Waals surface area contributed by atoms with Gasteiger partial charge in [0.2, 0.25) is 10.0 Å². The number of aromatic nitrogens is 4. The molecule has 0 fully saturated rings. The molecule has 1 aliphatic rings. The van der Waals surface area contributed by atoms with Gasteiger partial charge in [-0.05, 0) is 18.1 Å². The lowest BCUT2D eigenvalue weighted by atomic mass is 10.0. The van der Waals surface area contributed by atoms with E-state index >= 15 is 0 Å². The average molecular weight is 461 g/mol. The Morgan fingerprint density at radius 3 is 2.66 bits per heavy atom. The number of carboxylic acid groups (broad SMARTS) is 1. The van der Waals surface area contributed by atoms with Gasteiger partial charge < -0.3 is 10.4 Å². The zero-order chi connectivity index (χ0) is 23.1. The molecule has 1 aromatic carbocycles. The summed E-state index contributed by atoms with van der Waals surface area (Å²) in [4.78, 5) is 21.4. The summed E-state index contributed by atoms with van der Waals surface area (Å²) in [5, 5.41) is 21.2. The molecule has 32 heavy (non-hydrogen) atoms. The molecule has 1 aliphatic heterocycles. The number of carbonyl (C=O) groups is 2. The molecule has 0 saturated carbocycles. The molecule has 3 heterocycles. The van der Waals surface area contributed by atoms with Gasteiger partial charge in [-0.3, -0.25) is 19.4 Å². The molecule has 4 rings (SSSR count). The number of hydrogen-bond acceptors (Lipinski definition) is 6. The molecule has 1 unspecified atom stereocenters. The number of nitrogens with one attached hydrogen (secondary N) is 2. The molecule has 3 N–H and O–H groups in total. The third kappa shape index (κ3) is 5.59. The number of fused-ring (bicyclic) bond motifs is 1. The third-order valence-corrected chi connectivity index (χ3v) is 6.27. The maximum absolute atomic E-state index is 13.0. The first-order valence-corrected chi connectivity index (χ1v) is 11.6. The number of rotatable bonds is 6. The second-order valence-corrected chi connectivity index (χ2v) is 9.13. The van der Waals surface area contributed by atoms with Gasteiger partial charge in [-0.15, -0.1) is 0 Å². The van der Waals surface area contributed by atoms with Gasteiger partial charge in [-0.25, -0.2) is 8.42 Å². The summed E-state index contributed by atoms with van der Waals surface area (Å²) in [6.45, 7) is 0.766. The Bertz CT molecular complexity index is 1140. The number of amides is 1. The highest BCUT2D eigenvalue weighted by molar-refractivity contribution is 7.88. The standard InChI is InChI=1S/C19H22N6O3S.CH2O2/c1-29(27,28)25-11-8-15-17(13-25)22-23-18(15)19(26)21-16(12-24-10-5-9-20-24)14-6-3-2-4-7-14;2-1-3/h2-7,9-10,16H,8,11-13H2,1H3,(H,21,26)(H,22,23);1H,(H,2,3). The molecule has 0 spiro atoms. The summed E-state index contributed by atoms with van der Waals surface area (Å²) in [5.74, 6) is -0.295. The van der Waals surface area contributed by atoms with Gasteiger partial charge in [0.1, 0.15) is 0 Å². The Morgan fingerprint density at radius 2 is 2.03 bits per heavy atom. The minimum atomic E-state index is -3.29. The SMILES string of the molecule is CS(=O)(=O)N1CCc2c(C(=O)NC(Cn3cccn3)c3ccccc3)n[nH]c2C1.O=CO. The number of aromatic amines is 1. The summed E-state index contributed by atoms with van der Waals surface area (Å²) in [7, 11) is -3.29. The van der Waals surface area contributed by atoms with E-state index in [1.54, 1.807) is 10.9 Å². The number of hydrogen-bond donors (Lipinski definition) is 3. The molecule has 0 radical (unpaired) electrons. The van der Waals surface area contributed by atoms with Crippen LogP contribution in [0.5, 0.6) is 0 Å². The highest BCUT2D eigenvalue weighted by atomic mass is 32.2. The van der Waals surface area contributed by atoms with Crippen LogP contribution in [0, 0.1) is 0 Å². The first kappa shape index (κ1) is 23.2. The van der Waals surface area contributed by atoms with E-state index in [0.717, 1.165) is 11.1 Å². The van der Waals surface area contributed by atoms with E-state index < -0.39 is 10.0 Å². The Kier molecular flexibility index (Phi) is 7.38. The summed E-state index contributed by atoms with van der Waals surface area (Å²) in [5.41, 5.74) is 2.71. The number of carbonyl (C=O) groups excluding carboxylic acids is 1. The van der Waals surface area contributed by atoms with Crippen molar-refractivity contribution in [1.82, 2.24) is 29.6 Å². The van der Waals surface area contributed by atoms with Gasteiger partial charge >= 0.3 is 0 Å². The van der Waals surface area contributed by atoms with Gasteiger partial charge in [0.15, 0.2) is 5.69 Å². The second kappa shape index (κ2) is 10.2. The van der Waals surface area contributed by atoms with Crippen molar-refractivity contribution >= 4 is 22.4 Å². The lowest BCUT2D eigenvalue weighted by molar-refractivity contribution is -0.122. The van der Waals surface area contributed by atoms with Crippen molar-refractivity contribution in [1.29, 1.82) is 0 Å². The van der Waals surface area contributed by atoms with E-state index in [9.17, 15) is 13.2 Å². The van der Waals surface area contributed by atoms with E-state index in [1.807, 2.05) is 42.6 Å². The van der Waals surface area contributed by atoms with Crippen molar-refractivity contribution in [2.24, 2.45) is 0 Å². The molecule has 3 aromatic rings. The summed E-state index contributed by atoms with van der Waals surface area (Å²) < 4.78 is 26.7. The van der Waals surface area contributed by atoms with E-state index in [0.29, 0.717) is 30.9 Å². The summed E-state index contributed by atoms with van der Waals surface area (Å²) >= 11 is 0. The molecule has 11 nitrogen and oxygen atoms in total. The van der Waals surface area contributed by atoms with Gasteiger partial charge in [0.25, 0.3) is 12.4 Å².